The maximum absolute atomic E-state index is 12.2. The third kappa shape index (κ3) is 5.83. The van der Waals surface area contributed by atoms with Gasteiger partial charge in [0.25, 0.3) is 0 Å². The summed E-state index contributed by atoms with van der Waals surface area (Å²) in [5, 5.41) is 5.42. The Hall–Kier alpha value is -2.11. The Morgan fingerprint density at radius 3 is 2.62 bits per heavy atom. The lowest BCUT2D eigenvalue weighted by atomic mass is 10.2. The van der Waals surface area contributed by atoms with Crippen molar-refractivity contribution in [1.29, 1.82) is 0 Å². The number of amides is 2. The maximum atomic E-state index is 12.2. The van der Waals surface area contributed by atoms with Gasteiger partial charge in [0.2, 0.25) is 11.8 Å². The van der Waals surface area contributed by atoms with Gasteiger partial charge in [0.05, 0.1) is 6.54 Å². The van der Waals surface area contributed by atoms with Crippen LogP contribution in [-0.4, -0.2) is 29.8 Å². The van der Waals surface area contributed by atoms with Crippen LogP contribution in [0.5, 0.6) is 0 Å². The quantitative estimate of drug-likeness (QED) is 0.765. The first kappa shape index (κ1) is 18.2. The second-order valence-corrected chi connectivity index (χ2v) is 6.52. The molecule has 1 heterocycles. The van der Waals surface area contributed by atoms with Crippen molar-refractivity contribution in [3.05, 3.63) is 63.3 Å². The molecule has 0 unspecified atom stereocenters. The molecule has 0 aliphatic carbocycles. The first-order valence-corrected chi connectivity index (χ1v) is 8.86. The molecular formula is C18H19ClN2O2S. The van der Waals surface area contributed by atoms with Gasteiger partial charge in [-0.2, -0.15) is 0 Å². The summed E-state index contributed by atoms with van der Waals surface area (Å²) in [6, 6.07) is 11.1. The number of carbonyl (C=O) groups excluding carboxylic acids is 2. The number of hydrogen-bond acceptors (Lipinski definition) is 3. The van der Waals surface area contributed by atoms with Crippen molar-refractivity contribution in [3.63, 3.8) is 0 Å². The minimum absolute atomic E-state index is 0.0394. The number of thiophene rings is 1. The Labute approximate surface area is 150 Å². The number of rotatable bonds is 7. The van der Waals surface area contributed by atoms with Crippen LogP contribution in [0.15, 0.2) is 47.9 Å². The van der Waals surface area contributed by atoms with E-state index < -0.39 is 0 Å². The summed E-state index contributed by atoms with van der Waals surface area (Å²) in [5.74, 6) is -0.364. The highest BCUT2D eigenvalue weighted by molar-refractivity contribution is 7.10. The number of likely N-dealkylation sites (N-methyl/N-ethyl adjacent to an activating group) is 1. The fourth-order valence-corrected chi connectivity index (χ4v) is 2.77. The molecule has 0 radical (unpaired) electrons. The van der Waals surface area contributed by atoms with E-state index in [1.54, 1.807) is 29.5 Å². The van der Waals surface area contributed by atoms with Crippen LogP contribution in [0.1, 0.15) is 17.4 Å². The van der Waals surface area contributed by atoms with Gasteiger partial charge in [0.15, 0.2) is 0 Å². The Morgan fingerprint density at radius 1 is 1.25 bits per heavy atom. The molecule has 6 heteroatoms. The molecule has 1 aromatic heterocycles. The summed E-state index contributed by atoms with van der Waals surface area (Å²) in [5.41, 5.74) is 0.958. The van der Waals surface area contributed by atoms with Gasteiger partial charge in [-0.25, -0.2) is 0 Å². The van der Waals surface area contributed by atoms with Crippen LogP contribution in [0.25, 0.3) is 6.08 Å². The van der Waals surface area contributed by atoms with Gasteiger partial charge in [0, 0.05) is 29.1 Å². The summed E-state index contributed by atoms with van der Waals surface area (Å²) in [7, 11) is 0. The molecule has 0 saturated carbocycles. The fraction of sp³-hybridized carbons (Fsp3) is 0.222. The van der Waals surface area contributed by atoms with Crippen LogP contribution in [0, 0.1) is 0 Å². The van der Waals surface area contributed by atoms with Crippen molar-refractivity contribution in [1.82, 2.24) is 10.2 Å². The van der Waals surface area contributed by atoms with Crippen molar-refractivity contribution in [2.24, 2.45) is 0 Å². The van der Waals surface area contributed by atoms with Crippen LogP contribution in [0.2, 0.25) is 5.02 Å². The molecule has 2 amide bonds. The van der Waals surface area contributed by atoms with E-state index in [4.69, 9.17) is 11.6 Å². The van der Waals surface area contributed by atoms with Crippen LogP contribution in [-0.2, 0) is 16.1 Å². The SMILES string of the molecule is CCN(CC(=O)NCc1ccc(Cl)cc1)C(=O)/C=C/c1cccs1. The number of hydrogen-bond donors (Lipinski definition) is 1. The highest BCUT2D eigenvalue weighted by Gasteiger charge is 2.13. The molecule has 0 bridgehead atoms. The highest BCUT2D eigenvalue weighted by atomic mass is 35.5. The fourth-order valence-electron chi connectivity index (χ4n) is 2.02. The molecule has 0 aliphatic rings. The maximum Gasteiger partial charge on any atom is 0.247 e. The van der Waals surface area contributed by atoms with Crippen LogP contribution >= 0.6 is 22.9 Å². The van der Waals surface area contributed by atoms with Gasteiger partial charge in [-0.15, -0.1) is 11.3 Å². The van der Waals surface area contributed by atoms with Crippen molar-refractivity contribution in [2.45, 2.75) is 13.5 Å². The summed E-state index contributed by atoms with van der Waals surface area (Å²) in [6.07, 6.45) is 3.27. The molecule has 126 valence electrons. The predicted octanol–water partition coefficient (Wildman–Crippen LogP) is 3.58. The minimum atomic E-state index is -0.190. The lowest BCUT2D eigenvalue weighted by Gasteiger charge is -2.18. The zero-order valence-electron chi connectivity index (χ0n) is 13.4. The largest absolute Gasteiger partial charge is 0.350 e. The molecule has 1 aromatic carbocycles. The zero-order chi connectivity index (χ0) is 17.4. The van der Waals surface area contributed by atoms with Crippen molar-refractivity contribution >= 4 is 40.8 Å². The molecule has 2 aromatic rings. The van der Waals surface area contributed by atoms with Crippen molar-refractivity contribution in [2.75, 3.05) is 13.1 Å². The molecule has 0 aliphatic heterocycles. The van der Waals surface area contributed by atoms with Crippen LogP contribution < -0.4 is 5.32 Å². The number of carbonyl (C=O) groups is 2. The van der Waals surface area contributed by atoms with E-state index in [-0.39, 0.29) is 18.4 Å². The highest BCUT2D eigenvalue weighted by Crippen LogP contribution is 2.11. The van der Waals surface area contributed by atoms with E-state index in [9.17, 15) is 9.59 Å². The normalized spacial score (nSPS) is 10.8. The monoisotopic (exact) mass is 362 g/mol. The second kappa shape index (κ2) is 9.25. The lowest BCUT2D eigenvalue weighted by Crippen LogP contribution is -2.39. The first-order chi connectivity index (χ1) is 11.6. The molecule has 2 rings (SSSR count). The smallest absolute Gasteiger partial charge is 0.247 e. The van der Waals surface area contributed by atoms with E-state index in [0.717, 1.165) is 10.4 Å². The van der Waals surface area contributed by atoms with Gasteiger partial charge in [-0.1, -0.05) is 29.8 Å². The van der Waals surface area contributed by atoms with E-state index in [1.807, 2.05) is 36.6 Å². The molecule has 0 saturated heterocycles. The summed E-state index contributed by atoms with van der Waals surface area (Å²) >= 11 is 7.38. The minimum Gasteiger partial charge on any atom is -0.350 e. The van der Waals surface area contributed by atoms with Crippen LogP contribution in [0.4, 0.5) is 0 Å². The predicted molar refractivity (Wildman–Crippen MR) is 98.9 cm³/mol. The first-order valence-electron chi connectivity index (χ1n) is 7.60. The molecule has 1 N–H and O–H groups in total. The number of halogens is 1. The van der Waals surface area contributed by atoms with Crippen molar-refractivity contribution < 1.29 is 9.59 Å². The van der Waals surface area contributed by atoms with Gasteiger partial charge in [-0.3, -0.25) is 9.59 Å². The molecule has 4 nitrogen and oxygen atoms in total. The van der Waals surface area contributed by atoms with E-state index in [2.05, 4.69) is 5.32 Å². The third-order valence-electron chi connectivity index (χ3n) is 3.36. The summed E-state index contributed by atoms with van der Waals surface area (Å²) in [4.78, 5) is 26.7. The van der Waals surface area contributed by atoms with Gasteiger partial charge in [-0.05, 0) is 42.1 Å². The van der Waals surface area contributed by atoms with E-state index >= 15 is 0 Å². The number of nitrogens with one attached hydrogen (secondary N) is 1. The average Bonchev–Trinajstić information content (AvgIpc) is 3.10. The Kier molecular flexibility index (Phi) is 7.03. The van der Waals surface area contributed by atoms with Gasteiger partial charge < -0.3 is 10.2 Å². The lowest BCUT2D eigenvalue weighted by molar-refractivity contribution is -0.132. The summed E-state index contributed by atoms with van der Waals surface area (Å²) < 4.78 is 0. The molecule has 24 heavy (non-hydrogen) atoms. The van der Waals surface area contributed by atoms with Crippen LogP contribution in [0.3, 0.4) is 0 Å². The molecular weight excluding hydrogens is 344 g/mol. The molecule has 0 fully saturated rings. The van der Waals surface area contributed by atoms with Gasteiger partial charge in [0.1, 0.15) is 0 Å². The second-order valence-electron chi connectivity index (χ2n) is 5.10. The van der Waals surface area contributed by atoms with E-state index in [1.165, 1.54) is 11.0 Å². The standard InChI is InChI=1S/C18H19ClN2O2S/c1-2-21(18(23)10-9-16-4-3-11-24-16)13-17(22)20-12-14-5-7-15(19)8-6-14/h3-11H,2,12-13H2,1H3,(H,20,22)/b10-9+. The Morgan fingerprint density at radius 2 is 2.00 bits per heavy atom. The van der Waals surface area contributed by atoms with Gasteiger partial charge >= 0.3 is 0 Å². The van der Waals surface area contributed by atoms with E-state index in [0.29, 0.717) is 18.1 Å². The topological polar surface area (TPSA) is 49.4 Å². The molecule has 0 atom stereocenters. The zero-order valence-corrected chi connectivity index (χ0v) is 14.9. The Balaban J connectivity index is 1.83. The third-order valence-corrected chi connectivity index (χ3v) is 4.45. The molecule has 0 spiro atoms. The summed E-state index contributed by atoms with van der Waals surface area (Å²) in [6.45, 7) is 2.77. The average molecular weight is 363 g/mol. The number of benzene rings is 1. The Bertz CT molecular complexity index is 696. The number of nitrogens with zero attached hydrogens (tertiary/aromatic N) is 1. The van der Waals surface area contributed by atoms with Crippen molar-refractivity contribution in [3.8, 4) is 0 Å².